The Hall–Kier alpha value is -0.160. The summed E-state index contributed by atoms with van der Waals surface area (Å²) in [5.74, 6) is 0.647. The molecule has 3 N–H and O–H groups in total. The van der Waals surface area contributed by atoms with Crippen molar-refractivity contribution in [1.82, 2.24) is 0 Å². The van der Waals surface area contributed by atoms with Crippen molar-refractivity contribution in [3.8, 4) is 0 Å². The Kier molecular flexibility index (Phi) is 6.10. The SMILES string of the molecule is NC(CO)CCOCC1CCOCC1. The number of rotatable bonds is 6. The van der Waals surface area contributed by atoms with Crippen LogP contribution in [0, 0.1) is 5.92 Å². The molecule has 0 aromatic carbocycles. The molecular formula is C10H21NO3. The molecule has 1 atom stereocenters. The molecule has 1 rings (SSSR count). The third kappa shape index (κ3) is 4.91. The van der Waals surface area contributed by atoms with Crippen LogP contribution in [-0.2, 0) is 9.47 Å². The maximum atomic E-state index is 8.69. The van der Waals surface area contributed by atoms with Crippen LogP contribution in [-0.4, -0.2) is 44.2 Å². The zero-order valence-electron chi connectivity index (χ0n) is 8.65. The topological polar surface area (TPSA) is 64.7 Å². The summed E-state index contributed by atoms with van der Waals surface area (Å²) in [6.45, 7) is 3.23. The molecule has 0 saturated carbocycles. The Morgan fingerprint density at radius 3 is 2.79 bits per heavy atom. The van der Waals surface area contributed by atoms with Gasteiger partial charge in [0, 0.05) is 32.5 Å². The van der Waals surface area contributed by atoms with E-state index in [-0.39, 0.29) is 12.6 Å². The van der Waals surface area contributed by atoms with Crippen LogP contribution in [0.25, 0.3) is 0 Å². The number of aliphatic hydroxyl groups excluding tert-OH is 1. The highest BCUT2D eigenvalue weighted by molar-refractivity contribution is 4.63. The van der Waals surface area contributed by atoms with Gasteiger partial charge in [-0.25, -0.2) is 0 Å². The number of hydrogen-bond donors (Lipinski definition) is 2. The first-order valence-electron chi connectivity index (χ1n) is 5.35. The van der Waals surface area contributed by atoms with Gasteiger partial charge >= 0.3 is 0 Å². The molecule has 1 aliphatic heterocycles. The third-order valence-electron chi connectivity index (χ3n) is 2.56. The molecule has 14 heavy (non-hydrogen) atoms. The van der Waals surface area contributed by atoms with Gasteiger partial charge in [0.2, 0.25) is 0 Å². The zero-order valence-corrected chi connectivity index (χ0v) is 8.65. The summed E-state index contributed by atoms with van der Waals surface area (Å²) in [7, 11) is 0. The molecule has 0 amide bonds. The molecule has 4 nitrogen and oxygen atoms in total. The third-order valence-corrected chi connectivity index (χ3v) is 2.56. The van der Waals surface area contributed by atoms with Crippen molar-refractivity contribution in [2.24, 2.45) is 11.7 Å². The lowest BCUT2D eigenvalue weighted by molar-refractivity contribution is 0.0183. The average Bonchev–Trinajstić information content (AvgIpc) is 2.25. The van der Waals surface area contributed by atoms with E-state index >= 15 is 0 Å². The van der Waals surface area contributed by atoms with Crippen LogP contribution in [0.3, 0.4) is 0 Å². The van der Waals surface area contributed by atoms with E-state index in [1.165, 1.54) is 0 Å². The number of hydrogen-bond acceptors (Lipinski definition) is 4. The lowest BCUT2D eigenvalue weighted by atomic mass is 10.0. The molecular weight excluding hydrogens is 182 g/mol. The lowest BCUT2D eigenvalue weighted by Crippen LogP contribution is -2.27. The fraction of sp³-hybridized carbons (Fsp3) is 1.00. The molecule has 4 heteroatoms. The van der Waals surface area contributed by atoms with Crippen molar-refractivity contribution in [2.45, 2.75) is 25.3 Å². The summed E-state index contributed by atoms with van der Waals surface area (Å²) in [5, 5.41) is 8.69. The summed E-state index contributed by atoms with van der Waals surface area (Å²) < 4.78 is 10.8. The molecule has 0 radical (unpaired) electrons. The fourth-order valence-corrected chi connectivity index (χ4v) is 1.49. The van der Waals surface area contributed by atoms with Crippen molar-refractivity contribution < 1.29 is 14.6 Å². The molecule has 0 aromatic heterocycles. The minimum atomic E-state index is -0.135. The predicted octanol–water partition coefficient (Wildman–Crippen LogP) is 0.139. The first-order valence-corrected chi connectivity index (χ1v) is 5.35. The quantitative estimate of drug-likeness (QED) is 0.603. The van der Waals surface area contributed by atoms with Crippen LogP contribution in [0.5, 0.6) is 0 Å². The van der Waals surface area contributed by atoms with Crippen LogP contribution in [0.2, 0.25) is 0 Å². The molecule has 1 saturated heterocycles. The average molecular weight is 203 g/mol. The number of ether oxygens (including phenoxy) is 2. The summed E-state index contributed by atoms with van der Waals surface area (Å²) in [4.78, 5) is 0. The summed E-state index contributed by atoms with van der Waals surface area (Å²) >= 11 is 0. The van der Waals surface area contributed by atoms with Gasteiger partial charge in [0.1, 0.15) is 0 Å². The highest BCUT2D eigenvalue weighted by Gasteiger charge is 2.13. The highest BCUT2D eigenvalue weighted by Crippen LogP contribution is 2.14. The van der Waals surface area contributed by atoms with E-state index in [9.17, 15) is 0 Å². The second kappa shape index (κ2) is 7.17. The van der Waals surface area contributed by atoms with Crippen molar-refractivity contribution in [3.63, 3.8) is 0 Å². The van der Waals surface area contributed by atoms with Crippen molar-refractivity contribution in [1.29, 1.82) is 0 Å². The van der Waals surface area contributed by atoms with Gasteiger partial charge in [0.25, 0.3) is 0 Å². The molecule has 1 heterocycles. The lowest BCUT2D eigenvalue weighted by Gasteiger charge is -2.21. The Bertz CT molecular complexity index is 137. The monoisotopic (exact) mass is 203 g/mol. The first-order chi connectivity index (χ1) is 6.83. The Labute approximate surface area is 85.4 Å². The van der Waals surface area contributed by atoms with Gasteiger partial charge in [0.15, 0.2) is 0 Å². The van der Waals surface area contributed by atoms with Crippen LogP contribution in [0.1, 0.15) is 19.3 Å². The van der Waals surface area contributed by atoms with Crippen LogP contribution < -0.4 is 5.73 Å². The van der Waals surface area contributed by atoms with E-state index in [2.05, 4.69) is 0 Å². The molecule has 1 fully saturated rings. The van der Waals surface area contributed by atoms with Gasteiger partial charge in [-0.05, 0) is 25.2 Å². The number of aliphatic hydroxyl groups is 1. The second-order valence-electron chi connectivity index (χ2n) is 3.86. The fourth-order valence-electron chi connectivity index (χ4n) is 1.49. The largest absolute Gasteiger partial charge is 0.395 e. The van der Waals surface area contributed by atoms with Crippen molar-refractivity contribution in [2.75, 3.05) is 33.0 Å². The Balaban J connectivity index is 1.92. The van der Waals surface area contributed by atoms with E-state index < -0.39 is 0 Å². The maximum absolute atomic E-state index is 8.69. The molecule has 0 spiro atoms. The molecule has 0 aliphatic carbocycles. The maximum Gasteiger partial charge on any atom is 0.0583 e. The van der Waals surface area contributed by atoms with Gasteiger partial charge in [0.05, 0.1) is 6.61 Å². The first kappa shape index (κ1) is 11.9. The van der Waals surface area contributed by atoms with E-state index in [1.807, 2.05) is 0 Å². The standard InChI is InChI=1S/C10H21NO3/c11-10(7-12)3-6-14-8-9-1-4-13-5-2-9/h9-10,12H,1-8,11H2. The summed E-state index contributed by atoms with van der Waals surface area (Å²) in [6.07, 6.45) is 2.94. The van der Waals surface area contributed by atoms with E-state index in [0.717, 1.165) is 39.1 Å². The van der Waals surface area contributed by atoms with Gasteiger partial charge in [-0.2, -0.15) is 0 Å². The summed E-state index contributed by atoms with van der Waals surface area (Å²) in [5.41, 5.74) is 5.54. The van der Waals surface area contributed by atoms with E-state index in [1.54, 1.807) is 0 Å². The minimum absolute atomic E-state index is 0.0423. The molecule has 0 aromatic rings. The predicted molar refractivity (Wildman–Crippen MR) is 54.0 cm³/mol. The van der Waals surface area contributed by atoms with Gasteiger partial charge in [-0.3, -0.25) is 0 Å². The number of nitrogens with two attached hydrogens (primary N) is 1. The van der Waals surface area contributed by atoms with Gasteiger partial charge < -0.3 is 20.3 Å². The molecule has 84 valence electrons. The van der Waals surface area contributed by atoms with Crippen molar-refractivity contribution >= 4 is 0 Å². The highest BCUT2D eigenvalue weighted by atomic mass is 16.5. The van der Waals surface area contributed by atoms with Crippen LogP contribution in [0.4, 0.5) is 0 Å². The molecule has 0 bridgehead atoms. The van der Waals surface area contributed by atoms with Crippen molar-refractivity contribution in [3.05, 3.63) is 0 Å². The molecule has 1 unspecified atom stereocenters. The minimum Gasteiger partial charge on any atom is -0.395 e. The Morgan fingerprint density at radius 2 is 2.14 bits per heavy atom. The Morgan fingerprint density at radius 1 is 1.43 bits per heavy atom. The molecule has 1 aliphatic rings. The zero-order chi connectivity index (χ0) is 10.2. The van der Waals surface area contributed by atoms with Gasteiger partial charge in [-0.1, -0.05) is 0 Å². The van der Waals surface area contributed by atoms with Crippen LogP contribution >= 0.6 is 0 Å². The normalized spacial score (nSPS) is 21.0. The van der Waals surface area contributed by atoms with Crippen LogP contribution in [0.15, 0.2) is 0 Å². The van der Waals surface area contributed by atoms with E-state index in [4.69, 9.17) is 20.3 Å². The second-order valence-corrected chi connectivity index (χ2v) is 3.86. The van der Waals surface area contributed by atoms with Gasteiger partial charge in [-0.15, -0.1) is 0 Å². The summed E-state index contributed by atoms with van der Waals surface area (Å²) in [6, 6.07) is -0.135. The van der Waals surface area contributed by atoms with E-state index in [0.29, 0.717) is 12.5 Å². The smallest absolute Gasteiger partial charge is 0.0583 e.